The lowest BCUT2D eigenvalue weighted by atomic mass is 9.88. The quantitative estimate of drug-likeness (QED) is 0.642. The molecule has 1 N–H and O–H groups in total. The lowest BCUT2D eigenvalue weighted by Crippen LogP contribution is -2.14. The van der Waals surface area contributed by atoms with E-state index < -0.39 is 0 Å². The van der Waals surface area contributed by atoms with Crippen molar-refractivity contribution in [3.63, 3.8) is 0 Å². The Morgan fingerprint density at radius 1 is 1.33 bits per heavy atom. The normalized spacial score (nSPS) is 21.2. The fraction of sp³-hybridized carbons (Fsp3) is 0.818. The molecule has 70 valence electrons. The molecule has 1 aliphatic carbocycles. The number of rotatable bonds is 3. The predicted molar refractivity (Wildman–Crippen MR) is 52.1 cm³/mol. The molecule has 1 heteroatoms. The summed E-state index contributed by atoms with van der Waals surface area (Å²) in [6, 6.07) is 0. The molecule has 0 aromatic carbocycles. The van der Waals surface area contributed by atoms with Crippen molar-refractivity contribution in [1.29, 1.82) is 0 Å². The van der Waals surface area contributed by atoms with Gasteiger partial charge in [0.25, 0.3) is 0 Å². The summed E-state index contributed by atoms with van der Waals surface area (Å²) in [5, 5.41) is 9.79. The lowest BCUT2D eigenvalue weighted by molar-refractivity contribution is 0.191. The van der Waals surface area contributed by atoms with Crippen LogP contribution in [-0.2, 0) is 0 Å². The maximum atomic E-state index is 9.79. The van der Waals surface area contributed by atoms with Gasteiger partial charge in [-0.2, -0.15) is 0 Å². The van der Waals surface area contributed by atoms with Gasteiger partial charge in [-0.3, -0.25) is 0 Å². The molecule has 1 atom stereocenters. The first kappa shape index (κ1) is 9.79. The van der Waals surface area contributed by atoms with Crippen LogP contribution >= 0.6 is 0 Å². The van der Waals surface area contributed by atoms with Crippen molar-refractivity contribution in [2.75, 3.05) is 0 Å². The smallest absolute Gasteiger partial charge is 0.0752 e. The molecule has 0 aromatic heterocycles. The van der Waals surface area contributed by atoms with E-state index in [4.69, 9.17) is 0 Å². The zero-order chi connectivity index (χ0) is 8.97. The molecule has 12 heavy (non-hydrogen) atoms. The van der Waals surface area contributed by atoms with Gasteiger partial charge in [-0.15, -0.1) is 0 Å². The summed E-state index contributed by atoms with van der Waals surface area (Å²) < 4.78 is 0. The zero-order valence-corrected chi connectivity index (χ0v) is 8.27. The Hall–Kier alpha value is -0.300. The van der Waals surface area contributed by atoms with Crippen molar-refractivity contribution in [2.24, 2.45) is 0 Å². The van der Waals surface area contributed by atoms with Crippen LogP contribution in [0.25, 0.3) is 0 Å². The molecule has 0 amide bonds. The molecule has 0 aromatic rings. The zero-order valence-electron chi connectivity index (χ0n) is 8.27. The first-order valence-electron chi connectivity index (χ1n) is 5.12. The second-order valence-electron chi connectivity index (χ2n) is 3.82. The number of aliphatic hydroxyl groups is 1. The van der Waals surface area contributed by atoms with Gasteiger partial charge in [0, 0.05) is 0 Å². The monoisotopic (exact) mass is 168 g/mol. The van der Waals surface area contributed by atoms with Gasteiger partial charge in [0.1, 0.15) is 0 Å². The summed E-state index contributed by atoms with van der Waals surface area (Å²) in [5.41, 5.74) is 2.78. The Labute approximate surface area is 75.5 Å². The van der Waals surface area contributed by atoms with Crippen LogP contribution < -0.4 is 0 Å². The second-order valence-corrected chi connectivity index (χ2v) is 3.82. The Kier molecular flexibility index (Phi) is 3.80. The summed E-state index contributed by atoms with van der Waals surface area (Å²) in [4.78, 5) is 0. The third kappa shape index (κ3) is 2.34. The van der Waals surface area contributed by atoms with E-state index in [2.05, 4.69) is 13.8 Å². The van der Waals surface area contributed by atoms with Gasteiger partial charge in [-0.1, -0.05) is 18.9 Å². The van der Waals surface area contributed by atoms with Crippen LogP contribution in [0.3, 0.4) is 0 Å². The van der Waals surface area contributed by atoms with Crippen molar-refractivity contribution in [3.05, 3.63) is 11.1 Å². The molecule has 1 rings (SSSR count). The highest BCUT2D eigenvalue weighted by Crippen LogP contribution is 2.27. The van der Waals surface area contributed by atoms with Crippen LogP contribution in [0.1, 0.15) is 52.4 Å². The highest BCUT2D eigenvalue weighted by molar-refractivity contribution is 5.18. The van der Waals surface area contributed by atoms with Gasteiger partial charge < -0.3 is 5.11 Å². The van der Waals surface area contributed by atoms with E-state index in [1.807, 2.05) is 0 Å². The standard InChI is InChI=1S/C11H20O/c1-3-6-11(12)10-8-5-4-7-9(10)2/h11-12H,3-8H2,1-2H3. The van der Waals surface area contributed by atoms with Crippen LogP contribution in [0.2, 0.25) is 0 Å². The molecule has 0 saturated carbocycles. The highest BCUT2D eigenvalue weighted by Gasteiger charge is 2.15. The molecule has 1 unspecified atom stereocenters. The molecule has 0 radical (unpaired) electrons. The van der Waals surface area contributed by atoms with Gasteiger partial charge in [-0.25, -0.2) is 0 Å². The number of hydrogen-bond donors (Lipinski definition) is 1. The first-order chi connectivity index (χ1) is 5.75. The van der Waals surface area contributed by atoms with Crippen LogP contribution in [0.5, 0.6) is 0 Å². The number of allylic oxidation sites excluding steroid dienone is 1. The van der Waals surface area contributed by atoms with Crippen LogP contribution in [0.15, 0.2) is 11.1 Å². The lowest BCUT2D eigenvalue weighted by Gasteiger charge is -2.22. The Bertz CT molecular complexity index is 170. The van der Waals surface area contributed by atoms with E-state index in [9.17, 15) is 5.11 Å². The molecule has 1 aliphatic rings. The van der Waals surface area contributed by atoms with Crippen LogP contribution in [-0.4, -0.2) is 11.2 Å². The summed E-state index contributed by atoms with van der Waals surface area (Å²) in [5.74, 6) is 0. The van der Waals surface area contributed by atoms with Crippen LogP contribution in [0, 0.1) is 0 Å². The highest BCUT2D eigenvalue weighted by atomic mass is 16.3. The molecule has 0 saturated heterocycles. The maximum Gasteiger partial charge on any atom is 0.0752 e. The predicted octanol–water partition coefficient (Wildman–Crippen LogP) is 3.04. The van der Waals surface area contributed by atoms with Gasteiger partial charge >= 0.3 is 0 Å². The minimum Gasteiger partial charge on any atom is -0.389 e. The molecule has 0 fully saturated rings. The Morgan fingerprint density at radius 3 is 2.58 bits per heavy atom. The van der Waals surface area contributed by atoms with E-state index in [-0.39, 0.29) is 6.10 Å². The second kappa shape index (κ2) is 4.66. The first-order valence-corrected chi connectivity index (χ1v) is 5.12. The van der Waals surface area contributed by atoms with Crippen molar-refractivity contribution >= 4 is 0 Å². The molecular formula is C11H20O. The number of hydrogen-bond acceptors (Lipinski definition) is 1. The largest absolute Gasteiger partial charge is 0.389 e. The summed E-state index contributed by atoms with van der Waals surface area (Å²) in [6.45, 7) is 4.30. The Morgan fingerprint density at radius 2 is 2.00 bits per heavy atom. The summed E-state index contributed by atoms with van der Waals surface area (Å²) >= 11 is 0. The fourth-order valence-electron chi connectivity index (χ4n) is 1.98. The van der Waals surface area contributed by atoms with E-state index in [1.54, 1.807) is 0 Å². The SMILES string of the molecule is CCCC(O)C1=C(C)CCCC1. The third-order valence-corrected chi connectivity index (χ3v) is 2.76. The van der Waals surface area contributed by atoms with Crippen molar-refractivity contribution < 1.29 is 5.11 Å². The minimum absolute atomic E-state index is 0.143. The molecule has 0 spiro atoms. The van der Waals surface area contributed by atoms with Crippen molar-refractivity contribution in [3.8, 4) is 0 Å². The van der Waals surface area contributed by atoms with Gasteiger partial charge in [0.2, 0.25) is 0 Å². The molecule has 0 aliphatic heterocycles. The van der Waals surface area contributed by atoms with Crippen molar-refractivity contribution in [1.82, 2.24) is 0 Å². The number of aliphatic hydroxyl groups excluding tert-OH is 1. The molecule has 0 heterocycles. The minimum atomic E-state index is -0.143. The van der Waals surface area contributed by atoms with Gasteiger partial charge in [-0.05, 0) is 44.6 Å². The fourth-order valence-corrected chi connectivity index (χ4v) is 1.98. The van der Waals surface area contributed by atoms with E-state index >= 15 is 0 Å². The third-order valence-electron chi connectivity index (χ3n) is 2.76. The van der Waals surface area contributed by atoms with Gasteiger partial charge in [0.15, 0.2) is 0 Å². The van der Waals surface area contributed by atoms with E-state index in [0.29, 0.717) is 0 Å². The summed E-state index contributed by atoms with van der Waals surface area (Å²) in [6.07, 6.45) is 6.80. The topological polar surface area (TPSA) is 20.2 Å². The van der Waals surface area contributed by atoms with E-state index in [1.165, 1.54) is 30.4 Å². The average molecular weight is 168 g/mol. The molecule has 1 nitrogen and oxygen atoms in total. The van der Waals surface area contributed by atoms with Crippen molar-refractivity contribution in [2.45, 2.75) is 58.5 Å². The Balaban J connectivity index is 2.57. The molecular weight excluding hydrogens is 148 g/mol. The maximum absolute atomic E-state index is 9.79. The molecule has 0 bridgehead atoms. The van der Waals surface area contributed by atoms with Crippen LogP contribution in [0.4, 0.5) is 0 Å². The van der Waals surface area contributed by atoms with E-state index in [0.717, 1.165) is 19.3 Å². The van der Waals surface area contributed by atoms with Gasteiger partial charge in [0.05, 0.1) is 6.10 Å². The average Bonchev–Trinajstić information content (AvgIpc) is 2.05. The summed E-state index contributed by atoms with van der Waals surface area (Å²) in [7, 11) is 0.